The lowest BCUT2D eigenvalue weighted by atomic mass is 10.1. The predicted molar refractivity (Wildman–Crippen MR) is 81.7 cm³/mol. The van der Waals surface area contributed by atoms with Gasteiger partial charge in [0.2, 0.25) is 0 Å². The fraction of sp³-hybridized carbons (Fsp3) is 0.467. The van der Waals surface area contributed by atoms with Crippen molar-refractivity contribution in [1.82, 2.24) is 10.1 Å². The number of thiophene rings is 1. The number of hydrogen-bond donors (Lipinski definition) is 0. The van der Waals surface area contributed by atoms with Crippen molar-refractivity contribution in [2.75, 3.05) is 20.3 Å². The van der Waals surface area contributed by atoms with Gasteiger partial charge in [-0.25, -0.2) is 0 Å². The Labute approximate surface area is 132 Å². The summed E-state index contributed by atoms with van der Waals surface area (Å²) in [7, 11) is 1.73. The molecule has 118 valence electrons. The molecule has 0 bridgehead atoms. The van der Waals surface area contributed by atoms with Crippen molar-refractivity contribution in [3.05, 3.63) is 27.8 Å². The molecular weight excluding hydrogens is 304 g/mol. The fourth-order valence-corrected chi connectivity index (χ4v) is 3.09. The van der Waals surface area contributed by atoms with Crippen LogP contribution in [0.15, 0.2) is 16.0 Å². The van der Waals surface area contributed by atoms with Crippen molar-refractivity contribution >= 4 is 17.2 Å². The van der Waals surface area contributed by atoms with Crippen molar-refractivity contribution in [3.8, 4) is 11.5 Å². The highest BCUT2D eigenvalue weighted by Gasteiger charge is 2.26. The summed E-state index contributed by atoms with van der Waals surface area (Å²) in [5.74, 6) is 2.05. The molecule has 0 spiro atoms. The molecule has 2 aromatic heterocycles. The first-order valence-electron chi connectivity index (χ1n) is 7.14. The number of amides is 1. The van der Waals surface area contributed by atoms with Crippen molar-refractivity contribution in [2.24, 2.45) is 0 Å². The topological polar surface area (TPSA) is 64.8 Å². The van der Waals surface area contributed by atoms with Gasteiger partial charge in [-0.2, -0.15) is 0 Å². The van der Waals surface area contributed by atoms with Crippen molar-refractivity contribution in [1.29, 1.82) is 0 Å². The van der Waals surface area contributed by atoms with E-state index < -0.39 is 0 Å². The zero-order chi connectivity index (χ0) is 15.7. The Bertz CT molecular complexity index is 677. The Balaban J connectivity index is 1.72. The third-order valence-corrected chi connectivity index (χ3v) is 4.33. The molecule has 22 heavy (non-hydrogen) atoms. The molecule has 3 rings (SSSR count). The zero-order valence-electron chi connectivity index (χ0n) is 12.8. The first kappa shape index (κ1) is 14.9. The van der Waals surface area contributed by atoms with E-state index >= 15 is 0 Å². The molecule has 1 aliphatic rings. The maximum Gasteiger partial charge on any atom is 0.268 e. The summed E-state index contributed by atoms with van der Waals surface area (Å²) in [6.45, 7) is 5.44. The second-order valence-corrected chi connectivity index (χ2v) is 6.37. The van der Waals surface area contributed by atoms with E-state index in [0.717, 1.165) is 5.69 Å². The molecule has 0 unspecified atom stereocenters. The molecule has 0 aliphatic carbocycles. The third-order valence-electron chi connectivity index (χ3n) is 3.40. The second kappa shape index (κ2) is 6.00. The van der Waals surface area contributed by atoms with E-state index in [2.05, 4.69) is 5.16 Å². The zero-order valence-corrected chi connectivity index (χ0v) is 13.6. The first-order chi connectivity index (χ1) is 10.6. The van der Waals surface area contributed by atoms with Gasteiger partial charge >= 0.3 is 0 Å². The molecule has 2 aromatic rings. The number of rotatable bonds is 4. The van der Waals surface area contributed by atoms with Gasteiger partial charge in [0, 0.05) is 18.5 Å². The van der Waals surface area contributed by atoms with E-state index in [-0.39, 0.29) is 5.91 Å². The predicted octanol–water partition coefficient (Wildman–Crippen LogP) is 2.90. The summed E-state index contributed by atoms with van der Waals surface area (Å²) in [6, 6.07) is 1.89. The number of fused-ring (bicyclic) bond motifs is 1. The molecule has 0 fully saturated rings. The van der Waals surface area contributed by atoms with Crippen LogP contribution >= 0.6 is 11.3 Å². The number of hydrogen-bond acceptors (Lipinski definition) is 6. The Hall–Kier alpha value is -2.02. The maximum atomic E-state index is 12.6. The first-order valence-corrected chi connectivity index (χ1v) is 8.02. The van der Waals surface area contributed by atoms with Gasteiger partial charge in [-0.15, -0.1) is 11.3 Å². The van der Waals surface area contributed by atoms with Crippen LogP contribution in [0.5, 0.6) is 11.5 Å². The van der Waals surface area contributed by atoms with E-state index in [9.17, 15) is 4.79 Å². The van der Waals surface area contributed by atoms with Gasteiger partial charge in [0.1, 0.15) is 18.1 Å². The Morgan fingerprint density at radius 3 is 2.91 bits per heavy atom. The molecule has 1 amide bonds. The van der Waals surface area contributed by atoms with Crippen LogP contribution in [0, 0.1) is 0 Å². The molecule has 0 atom stereocenters. The number of carbonyl (C=O) groups excluding carboxylic acids is 1. The maximum absolute atomic E-state index is 12.6. The molecular formula is C15H18N2O4S. The molecule has 0 aromatic carbocycles. The number of nitrogens with zero attached hydrogens (tertiary/aromatic N) is 2. The van der Waals surface area contributed by atoms with Gasteiger partial charge in [-0.05, 0) is 5.92 Å². The summed E-state index contributed by atoms with van der Waals surface area (Å²) in [5.41, 5.74) is 0.890. The Morgan fingerprint density at radius 1 is 1.41 bits per heavy atom. The van der Waals surface area contributed by atoms with Crippen LogP contribution in [0.1, 0.15) is 40.9 Å². The number of carbonyl (C=O) groups is 1. The van der Waals surface area contributed by atoms with Gasteiger partial charge in [0.25, 0.3) is 5.91 Å². The van der Waals surface area contributed by atoms with Crippen molar-refractivity contribution in [2.45, 2.75) is 26.3 Å². The van der Waals surface area contributed by atoms with Crippen LogP contribution < -0.4 is 9.47 Å². The molecule has 3 heterocycles. The molecule has 1 aliphatic heterocycles. The average molecular weight is 322 g/mol. The third kappa shape index (κ3) is 2.81. The summed E-state index contributed by atoms with van der Waals surface area (Å²) in [6.07, 6.45) is 0. The minimum Gasteiger partial charge on any atom is -0.485 e. The minimum atomic E-state index is -0.112. The Kier molecular flexibility index (Phi) is 4.06. The van der Waals surface area contributed by atoms with E-state index in [1.165, 1.54) is 11.3 Å². The van der Waals surface area contributed by atoms with Crippen LogP contribution in [-0.4, -0.2) is 36.2 Å². The van der Waals surface area contributed by atoms with Crippen molar-refractivity contribution in [3.63, 3.8) is 0 Å². The highest BCUT2D eigenvalue weighted by atomic mass is 32.1. The normalized spacial score (nSPS) is 13.5. The van der Waals surface area contributed by atoms with Gasteiger partial charge in [0.15, 0.2) is 17.3 Å². The van der Waals surface area contributed by atoms with Gasteiger partial charge < -0.3 is 18.9 Å². The highest BCUT2D eigenvalue weighted by Crippen LogP contribution is 2.39. The largest absolute Gasteiger partial charge is 0.485 e. The number of aromatic nitrogens is 1. The SMILES string of the molecule is CC(C)c1cc(CN(C)C(=O)c2scc3c2OCCO3)on1. The quantitative estimate of drug-likeness (QED) is 0.866. The average Bonchev–Trinajstić information content (AvgIpc) is 3.13. The molecule has 7 heteroatoms. The summed E-state index contributed by atoms with van der Waals surface area (Å²) < 4.78 is 16.3. The van der Waals surface area contributed by atoms with Gasteiger partial charge in [-0.1, -0.05) is 19.0 Å². The lowest BCUT2D eigenvalue weighted by Crippen LogP contribution is -2.26. The summed E-state index contributed by atoms with van der Waals surface area (Å²) in [5, 5.41) is 5.81. The summed E-state index contributed by atoms with van der Waals surface area (Å²) in [4.78, 5) is 14.7. The molecule has 0 saturated carbocycles. The van der Waals surface area contributed by atoms with E-state index in [0.29, 0.717) is 47.8 Å². The molecule has 0 saturated heterocycles. The smallest absolute Gasteiger partial charge is 0.268 e. The summed E-state index contributed by atoms with van der Waals surface area (Å²) >= 11 is 1.33. The van der Waals surface area contributed by atoms with Crippen molar-refractivity contribution < 1.29 is 18.8 Å². The van der Waals surface area contributed by atoms with Gasteiger partial charge in [-0.3, -0.25) is 4.79 Å². The van der Waals surface area contributed by atoms with E-state index in [4.69, 9.17) is 14.0 Å². The van der Waals surface area contributed by atoms with Crippen LogP contribution in [0.4, 0.5) is 0 Å². The van der Waals surface area contributed by atoms with Crippen LogP contribution in [0.25, 0.3) is 0 Å². The molecule has 0 radical (unpaired) electrons. The standard InChI is InChI=1S/C15H18N2O4S/c1-9(2)11-6-10(21-16-11)7-17(3)15(18)14-13-12(8-22-14)19-4-5-20-13/h6,8-9H,4-5,7H2,1-3H3. The highest BCUT2D eigenvalue weighted by molar-refractivity contribution is 7.12. The van der Waals surface area contributed by atoms with Crippen LogP contribution in [-0.2, 0) is 6.54 Å². The van der Waals surface area contributed by atoms with Gasteiger partial charge in [0.05, 0.1) is 12.2 Å². The second-order valence-electron chi connectivity index (χ2n) is 5.49. The van der Waals surface area contributed by atoms with E-state index in [1.54, 1.807) is 17.3 Å². The Morgan fingerprint density at radius 2 is 2.18 bits per heavy atom. The van der Waals surface area contributed by atoms with E-state index in [1.807, 2.05) is 19.9 Å². The van der Waals surface area contributed by atoms with Crippen LogP contribution in [0.2, 0.25) is 0 Å². The fourth-order valence-electron chi connectivity index (χ4n) is 2.16. The lowest BCUT2D eigenvalue weighted by molar-refractivity contribution is 0.0768. The molecule has 6 nitrogen and oxygen atoms in total. The molecule has 0 N–H and O–H groups in total. The lowest BCUT2D eigenvalue weighted by Gasteiger charge is -2.18. The van der Waals surface area contributed by atoms with Crippen LogP contribution in [0.3, 0.4) is 0 Å². The minimum absolute atomic E-state index is 0.112. The number of ether oxygens (including phenoxy) is 2. The monoisotopic (exact) mass is 322 g/mol.